The Morgan fingerprint density at radius 2 is 1.47 bits per heavy atom. The number of carbonyl (C=O) groups excluding carboxylic acids is 3. The molecule has 8 heteroatoms. The molecule has 0 aromatic heterocycles. The second-order valence-corrected chi connectivity index (χ2v) is 7.45. The molecule has 8 nitrogen and oxygen atoms in total. The molecular formula is C22H26N2O6. The lowest BCUT2D eigenvalue weighted by Crippen LogP contribution is -2.57. The molecule has 4 atom stereocenters. The van der Waals surface area contributed by atoms with E-state index in [0.717, 1.165) is 16.7 Å². The molecule has 1 saturated carbocycles. The number of fused-ring (bicyclic) bond motifs is 7. The number of esters is 1. The van der Waals surface area contributed by atoms with Crippen molar-refractivity contribution in [3.8, 4) is 0 Å². The molecule has 3 unspecified atom stereocenters. The molecule has 2 aliphatic carbocycles. The highest BCUT2D eigenvalue weighted by molar-refractivity contribution is 5.95. The highest BCUT2D eigenvalue weighted by atomic mass is 16.6. The largest absolute Gasteiger partial charge is 0.463 e. The van der Waals surface area contributed by atoms with Crippen molar-refractivity contribution in [3.63, 3.8) is 0 Å². The molecule has 1 heterocycles. The molecule has 0 spiro atoms. The van der Waals surface area contributed by atoms with Crippen LogP contribution in [0.1, 0.15) is 44.2 Å². The maximum atomic E-state index is 12.8. The fourth-order valence-corrected chi connectivity index (χ4v) is 5.19. The molecule has 1 aliphatic heterocycles. The fourth-order valence-electron chi connectivity index (χ4n) is 5.19. The van der Waals surface area contributed by atoms with Crippen LogP contribution in [0.5, 0.6) is 0 Å². The van der Waals surface area contributed by atoms with Gasteiger partial charge in [0.1, 0.15) is 0 Å². The lowest BCUT2D eigenvalue weighted by Gasteiger charge is -2.42. The van der Waals surface area contributed by atoms with E-state index in [2.05, 4.69) is 0 Å². The summed E-state index contributed by atoms with van der Waals surface area (Å²) >= 11 is 0. The van der Waals surface area contributed by atoms with Crippen LogP contribution in [0.4, 0.5) is 9.59 Å². The topological polar surface area (TPSA) is 85.4 Å². The van der Waals surface area contributed by atoms with Gasteiger partial charge in [0.2, 0.25) is 0 Å². The van der Waals surface area contributed by atoms with Gasteiger partial charge in [0, 0.05) is 17.9 Å². The van der Waals surface area contributed by atoms with Crippen molar-refractivity contribution in [2.75, 3.05) is 19.8 Å². The zero-order valence-corrected chi connectivity index (χ0v) is 17.4. The molecule has 2 amide bonds. The molecule has 0 radical (unpaired) electrons. The van der Waals surface area contributed by atoms with Crippen LogP contribution in [0, 0.1) is 5.92 Å². The van der Waals surface area contributed by atoms with E-state index in [1.54, 1.807) is 20.8 Å². The molecule has 1 saturated heterocycles. The first kappa shape index (κ1) is 20.3. The van der Waals surface area contributed by atoms with Gasteiger partial charge in [-0.05, 0) is 43.9 Å². The van der Waals surface area contributed by atoms with E-state index < -0.39 is 18.2 Å². The minimum atomic E-state index is -0.581. The Morgan fingerprint density at radius 1 is 0.900 bits per heavy atom. The van der Waals surface area contributed by atoms with Crippen molar-refractivity contribution in [2.24, 2.45) is 5.92 Å². The molecule has 160 valence electrons. The van der Waals surface area contributed by atoms with Gasteiger partial charge in [0.05, 0.1) is 31.9 Å². The lowest BCUT2D eigenvalue weighted by molar-refractivity contribution is -0.137. The maximum absolute atomic E-state index is 12.8. The molecule has 1 aromatic rings. The minimum absolute atomic E-state index is 0.0260. The van der Waals surface area contributed by atoms with Crippen LogP contribution < -0.4 is 0 Å². The molecule has 1 aromatic carbocycles. The summed E-state index contributed by atoms with van der Waals surface area (Å²) in [5.74, 6) is -0.551. The monoisotopic (exact) mass is 414 g/mol. The smallest absolute Gasteiger partial charge is 0.429 e. The minimum Gasteiger partial charge on any atom is -0.463 e. The Morgan fingerprint density at radius 3 is 2.07 bits per heavy atom. The zero-order valence-electron chi connectivity index (χ0n) is 17.4. The predicted octanol–water partition coefficient (Wildman–Crippen LogP) is 3.33. The SMILES string of the molecule is CCOC(=O)/C=C1/c2ccccc2C2C3CC([C@H]12)N(C(=O)OCC)N3C(=O)OCC. The van der Waals surface area contributed by atoms with E-state index in [0.29, 0.717) is 6.42 Å². The van der Waals surface area contributed by atoms with E-state index in [1.807, 2.05) is 24.3 Å². The number of amides is 2. The van der Waals surface area contributed by atoms with Gasteiger partial charge in [0.15, 0.2) is 0 Å². The van der Waals surface area contributed by atoms with Gasteiger partial charge in [0.25, 0.3) is 0 Å². The third-order valence-corrected chi connectivity index (χ3v) is 6.02. The van der Waals surface area contributed by atoms with Gasteiger partial charge in [-0.25, -0.2) is 24.4 Å². The third kappa shape index (κ3) is 3.02. The van der Waals surface area contributed by atoms with Gasteiger partial charge in [-0.15, -0.1) is 0 Å². The van der Waals surface area contributed by atoms with Gasteiger partial charge >= 0.3 is 18.2 Å². The van der Waals surface area contributed by atoms with E-state index in [9.17, 15) is 14.4 Å². The Kier molecular flexibility index (Phi) is 5.40. The third-order valence-electron chi connectivity index (χ3n) is 6.02. The van der Waals surface area contributed by atoms with Crippen molar-refractivity contribution in [1.29, 1.82) is 0 Å². The van der Waals surface area contributed by atoms with Crippen LogP contribution in [0.2, 0.25) is 0 Å². The number of hydrogen-bond donors (Lipinski definition) is 0. The van der Waals surface area contributed by atoms with Crippen LogP contribution in [0.15, 0.2) is 30.3 Å². The van der Waals surface area contributed by atoms with Gasteiger partial charge in [-0.3, -0.25) is 0 Å². The Balaban J connectivity index is 1.78. The predicted molar refractivity (Wildman–Crippen MR) is 107 cm³/mol. The van der Waals surface area contributed by atoms with E-state index in [-0.39, 0.29) is 43.7 Å². The van der Waals surface area contributed by atoms with Crippen molar-refractivity contribution < 1.29 is 28.6 Å². The Labute approximate surface area is 175 Å². The molecule has 3 aliphatic rings. The molecule has 30 heavy (non-hydrogen) atoms. The van der Waals surface area contributed by atoms with Crippen molar-refractivity contribution in [2.45, 2.75) is 45.2 Å². The molecule has 0 N–H and O–H groups in total. The first-order valence-corrected chi connectivity index (χ1v) is 10.4. The number of nitrogens with zero attached hydrogens (tertiary/aromatic N) is 2. The van der Waals surface area contributed by atoms with Gasteiger partial charge in [-0.1, -0.05) is 24.3 Å². The van der Waals surface area contributed by atoms with E-state index in [1.165, 1.54) is 16.1 Å². The quantitative estimate of drug-likeness (QED) is 0.427. The number of benzene rings is 1. The summed E-state index contributed by atoms with van der Waals surface area (Å²) in [4.78, 5) is 37.8. The molecule has 4 rings (SSSR count). The van der Waals surface area contributed by atoms with Crippen molar-refractivity contribution in [3.05, 3.63) is 41.5 Å². The summed E-state index contributed by atoms with van der Waals surface area (Å²) in [6.07, 6.45) is 0.993. The number of rotatable bonds is 4. The lowest BCUT2D eigenvalue weighted by atomic mass is 9.88. The van der Waals surface area contributed by atoms with E-state index >= 15 is 0 Å². The Hall–Kier alpha value is -3.03. The summed E-state index contributed by atoms with van der Waals surface area (Å²) < 4.78 is 15.6. The number of ether oxygens (including phenoxy) is 3. The number of hydrazine groups is 1. The molecule has 2 bridgehead atoms. The summed E-state index contributed by atoms with van der Waals surface area (Å²) in [5, 5.41) is 2.80. The van der Waals surface area contributed by atoms with Crippen LogP contribution in [-0.4, -0.2) is 60.1 Å². The number of hydrogen-bond acceptors (Lipinski definition) is 6. The zero-order chi connectivity index (χ0) is 21.4. The molecular weight excluding hydrogens is 388 g/mol. The Bertz CT molecular complexity index is 897. The second-order valence-electron chi connectivity index (χ2n) is 7.45. The van der Waals surface area contributed by atoms with Crippen LogP contribution >= 0.6 is 0 Å². The fraction of sp³-hybridized carbons (Fsp3) is 0.500. The second kappa shape index (κ2) is 8.01. The van der Waals surface area contributed by atoms with Crippen molar-refractivity contribution >= 4 is 23.7 Å². The average Bonchev–Trinajstić information content (AvgIpc) is 3.37. The highest BCUT2D eigenvalue weighted by Gasteiger charge is 2.64. The normalized spacial score (nSPS) is 27.1. The van der Waals surface area contributed by atoms with Gasteiger partial charge < -0.3 is 14.2 Å². The summed E-state index contributed by atoms with van der Waals surface area (Å²) in [6, 6.07) is 7.31. The van der Waals surface area contributed by atoms with Gasteiger partial charge in [-0.2, -0.15) is 0 Å². The molecule has 2 fully saturated rings. The highest BCUT2D eigenvalue weighted by Crippen LogP contribution is 2.60. The first-order valence-electron chi connectivity index (χ1n) is 10.4. The number of carbonyl (C=O) groups is 3. The van der Waals surface area contributed by atoms with E-state index in [4.69, 9.17) is 14.2 Å². The average molecular weight is 414 g/mol. The first-order chi connectivity index (χ1) is 14.5. The summed E-state index contributed by atoms with van der Waals surface area (Å²) in [5.41, 5.74) is 2.88. The maximum Gasteiger partial charge on any atom is 0.429 e. The standard InChI is InChI=1S/C22H26N2O6/c1-4-28-18(25)11-15-13-9-7-8-10-14(13)19-16-12-17(20(15)19)24(22(27)30-6-3)23(16)21(26)29-5-2/h7-11,16-17,19-20H,4-6,12H2,1-3H3/b15-11-/t16?,17?,19?,20-/m0/s1. The summed E-state index contributed by atoms with van der Waals surface area (Å²) in [7, 11) is 0. The van der Waals surface area contributed by atoms with Crippen LogP contribution in [-0.2, 0) is 19.0 Å². The van der Waals surface area contributed by atoms with Crippen LogP contribution in [0.3, 0.4) is 0 Å². The van der Waals surface area contributed by atoms with Crippen LogP contribution in [0.25, 0.3) is 5.57 Å². The summed E-state index contributed by atoms with van der Waals surface area (Å²) in [6.45, 7) is 5.91. The van der Waals surface area contributed by atoms with Crippen molar-refractivity contribution in [1.82, 2.24) is 10.0 Å².